The van der Waals surface area contributed by atoms with E-state index in [0.29, 0.717) is 30.8 Å². The van der Waals surface area contributed by atoms with Gasteiger partial charge < -0.3 is 9.64 Å². The molecule has 2 unspecified atom stereocenters. The largest absolute Gasteiger partial charge is 0.497 e. The van der Waals surface area contributed by atoms with E-state index in [0.717, 1.165) is 11.1 Å². The highest BCUT2D eigenvalue weighted by Gasteiger charge is 2.51. The molecule has 2 aromatic carbocycles. The molecule has 0 saturated carbocycles. The average molecular weight is 433 g/mol. The molecule has 1 amide bonds. The molecule has 7 heteroatoms. The van der Waals surface area contributed by atoms with Gasteiger partial charge in [0.05, 0.1) is 19.7 Å². The Morgan fingerprint density at radius 2 is 1.81 bits per heavy atom. The molecular formula is C25H26N3O4+. The second kappa shape index (κ2) is 9.18. The Hall–Kier alpha value is -3.74. The third-order valence-electron chi connectivity index (χ3n) is 5.90. The van der Waals surface area contributed by atoms with E-state index in [1.165, 1.54) is 0 Å². The summed E-state index contributed by atoms with van der Waals surface area (Å²) >= 11 is 0. The molecule has 4 rings (SSSR count). The van der Waals surface area contributed by atoms with Gasteiger partial charge in [-0.1, -0.05) is 42.0 Å². The first-order valence-corrected chi connectivity index (χ1v) is 10.6. The number of ketones is 2. The maximum absolute atomic E-state index is 13.4. The first kappa shape index (κ1) is 21.5. The van der Waals surface area contributed by atoms with Crippen molar-refractivity contribution in [2.45, 2.75) is 25.9 Å². The van der Waals surface area contributed by atoms with Crippen LogP contribution in [0.25, 0.3) is 0 Å². The number of rotatable bonds is 8. The average Bonchev–Trinajstić information content (AvgIpc) is 3.41. The van der Waals surface area contributed by atoms with E-state index in [1.54, 1.807) is 36.3 Å². The number of ether oxygens (including phenoxy) is 1. The zero-order valence-electron chi connectivity index (χ0n) is 18.2. The summed E-state index contributed by atoms with van der Waals surface area (Å²) < 4.78 is 7.21. The van der Waals surface area contributed by atoms with Crippen LogP contribution in [0.1, 0.15) is 33.9 Å². The van der Waals surface area contributed by atoms with Crippen LogP contribution in [0, 0.1) is 12.8 Å². The van der Waals surface area contributed by atoms with Crippen molar-refractivity contribution in [1.82, 2.24) is 9.88 Å². The number of nitrogens with zero attached hydrogens (tertiary/aromatic N) is 2. The second-order valence-corrected chi connectivity index (χ2v) is 7.99. The fourth-order valence-corrected chi connectivity index (χ4v) is 4.18. The molecule has 0 bridgehead atoms. The van der Waals surface area contributed by atoms with Crippen LogP contribution in [-0.2, 0) is 16.1 Å². The zero-order valence-corrected chi connectivity index (χ0v) is 18.2. The van der Waals surface area contributed by atoms with E-state index in [-0.39, 0.29) is 5.78 Å². The van der Waals surface area contributed by atoms with Crippen molar-refractivity contribution in [3.05, 3.63) is 83.9 Å². The predicted octanol–water partition coefficient (Wildman–Crippen LogP) is 2.66. The molecule has 2 atom stereocenters. The van der Waals surface area contributed by atoms with Crippen LogP contribution in [0.5, 0.6) is 5.75 Å². The van der Waals surface area contributed by atoms with Gasteiger partial charge in [-0.3, -0.25) is 19.4 Å². The van der Waals surface area contributed by atoms with Crippen LogP contribution in [0.3, 0.4) is 0 Å². The maximum Gasteiger partial charge on any atom is 0.291 e. The van der Waals surface area contributed by atoms with Gasteiger partial charge in [-0.15, -0.1) is 0 Å². The number of carbonyl (C=O) groups excluding carboxylic acids is 3. The fraction of sp³-hybridized carbons (Fsp3) is 0.280. The topological polar surface area (TPSA) is 83.3 Å². The van der Waals surface area contributed by atoms with Gasteiger partial charge in [0.25, 0.3) is 5.91 Å². The van der Waals surface area contributed by atoms with Gasteiger partial charge in [-0.25, -0.2) is 4.57 Å². The number of benzene rings is 2. The monoisotopic (exact) mass is 432 g/mol. The minimum Gasteiger partial charge on any atom is -0.497 e. The van der Waals surface area contributed by atoms with E-state index < -0.39 is 23.7 Å². The van der Waals surface area contributed by atoms with Crippen molar-refractivity contribution in [3.63, 3.8) is 0 Å². The summed E-state index contributed by atoms with van der Waals surface area (Å²) in [5.74, 6) is -1.98. The van der Waals surface area contributed by atoms with Gasteiger partial charge in [0.1, 0.15) is 24.1 Å². The number of aryl methyl sites for hydroxylation is 2. The number of H-pyrrole nitrogens is 1. The first-order chi connectivity index (χ1) is 15.5. The van der Waals surface area contributed by atoms with Gasteiger partial charge in [-0.2, -0.15) is 0 Å². The third kappa shape index (κ3) is 4.19. The van der Waals surface area contributed by atoms with E-state index in [9.17, 15) is 14.4 Å². The normalized spacial score (nSPS) is 18.2. The van der Waals surface area contributed by atoms with Crippen LogP contribution in [0.15, 0.2) is 67.3 Å². The molecule has 7 nitrogen and oxygen atoms in total. The van der Waals surface area contributed by atoms with Crippen molar-refractivity contribution < 1.29 is 23.7 Å². The van der Waals surface area contributed by atoms with Crippen molar-refractivity contribution in [2.24, 2.45) is 5.92 Å². The SMILES string of the molecule is COc1ccc(C2C(C(=O)c3ccc(C)cc3)C(=O)C(=O)N2CCC[n+]2cc[nH]c2)cc1. The third-order valence-corrected chi connectivity index (χ3v) is 5.90. The van der Waals surface area contributed by atoms with E-state index in [4.69, 9.17) is 4.74 Å². The van der Waals surface area contributed by atoms with Gasteiger partial charge in [0.2, 0.25) is 12.1 Å². The smallest absolute Gasteiger partial charge is 0.291 e. The van der Waals surface area contributed by atoms with Gasteiger partial charge in [0.15, 0.2) is 5.78 Å². The van der Waals surface area contributed by atoms with Gasteiger partial charge >= 0.3 is 0 Å². The molecule has 0 radical (unpaired) electrons. The number of nitrogens with one attached hydrogen (secondary N) is 1. The molecule has 1 aliphatic rings. The molecule has 3 aromatic rings. The number of Topliss-reactive ketones (excluding diaryl/α,β-unsaturated/α-hetero) is 2. The lowest BCUT2D eigenvalue weighted by molar-refractivity contribution is -0.695. The number of hydrogen-bond acceptors (Lipinski definition) is 4. The molecule has 1 N–H and O–H groups in total. The standard InChI is InChI=1S/C25H25N3O4/c1-17-4-6-19(7-5-17)23(29)21-22(18-8-10-20(32-2)11-9-18)28(25(31)24(21)30)14-3-13-27-15-12-26-16-27/h4-12,15-16,21-22H,3,13-14H2,1-2H3/p+1. The summed E-state index contributed by atoms with van der Waals surface area (Å²) in [4.78, 5) is 44.0. The summed E-state index contributed by atoms with van der Waals surface area (Å²) in [5, 5.41) is 0. The molecule has 1 fully saturated rings. The number of carbonyl (C=O) groups is 3. The van der Waals surface area contributed by atoms with Crippen molar-refractivity contribution in [3.8, 4) is 5.75 Å². The molecule has 1 aromatic heterocycles. The van der Waals surface area contributed by atoms with Gasteiger partial charge in [0, 0.05) is 18.5 Å². The summed E-state index contributed by atoms with van der Waals surface area (Å²) in [6.07, 6.45) is 6.21. The van der Waals surface area contributed by atoms with E-state index >= 15 is 0 Å². The molecule has 164 valence electrons. The maximum atomic E-state index is 13.4. The Morgan fingerprint density at radius 1 is 1.09 bits per heavy atom. The molecule has 1 aliphatic heterocycles. The Bertz CT molecular complexity index is 1110. The number of aromatic nitrogens is 2. The molecule has 32 heavy (non-hydrogen) atoms. The highest BCUT2D eigenvalue weighted by Crippen LogP contribution is 2.38. The first-order valence-electron chi connectivity index (χ1n) is 10.6. The predicted molar refractivity (Wildman–Crippen MR) is 117 cm³/mol. The van der Waals surface area contributed by atoms with E-state index in [2.05, 4.69) is 4.98 Å². The molecule has 0 spiro atoms. The number of methoxy groups -OCH3 is 1. The number of hydrogen-bond donors (Lipinski definition) is 1. The fourth-order valence-electron chi connectivity index (χ4n) is 4.18. The zero-order chi connectivity index (χ0) is 22.7. The highest BCUT2D eigenvalue weighted by atomic mass is 16.5. The van der Waals surface area contributed by atoms with Crippen molar-refractivity contribution >= 4 is 17.5 Å². The highest BCUT2D eigenvalue weighted by molar-refractivity contribution is 6.44. The molecular weight excluding hydrogens is 406 g/mol. The Morgan fingerprint density at radius 3 is 2.44 bits per heavy atom. The number of imidazole rings is 1. The van der Waals surface area contributed by atoms with Crippen molar-refractivity contribution in [2.75, 3.05) is 13.7 Å². The molecule has 1 saturated heterocycles. The summed E-state index contributed by atoms with van der Waals surface area (Å²) in [7, 11) is 1.58. The minimum atomic E-state index is -1.07. The number of amides is 1. The summed E-state index contributed by atoms with van der Waals surface area (Å²) in [6.45, 7) is 2.99. The Balaban J connectivity index is 1.66. The van der Waals surface area contributed by atoms with Gasteiger partial charge in [-0.05, 0) is 24.6 Å². The second-order valence-electron chi connectivity index (χ2n) is 7.99. The van der Waals surface area contributed by atoms with Crippen LogP contribution in [-0.4, -0.2) is 41.0 Å². The summed E-state index contributed by atoms with van der Waals surface area (Å²) in [5.41, 5.74) is 2.20. The van der Waals surface area contributed by atoms with Crippen LogP contribution < -0.4 is 9.30 Å². The van der Waals surface area contributed by atoms with Crippen LogP contribution >= 0.6 is 0 Å². The molecule has 0 aliphatic carbocycles. The lowest BCUT2D eigenvalue weighted by Crippen LogP contribution is -2.36. The quantitative estimate of drug-likeness (QED) is 0.257. The Labute approximate surface area is 186 Å². The molecule has 2 heterocycles. The number of aromatic amines is 1. The minimum absolute atomic E-state index is 0.327. The number of likely N-dealkylation sites (tertiary alicyclic amines) is 1. The lowest BCUT2D eigenvalue weighted by atomic mass is 9.86. The summed E-state index contributed by atoms with van der Waals surface area (Å²) in [6, 6.07) is 13.7. The lowest BCUT2D eigenvalue weighted by Gasteiger charge is -2.27. The van der Waals surface area contributed by atoms with E-state index in [1.807, 2.05) is 54.5 Å². The van der Waals surface area contributed by atoms with Crippen LogP contribution in [0.2, 0.25) is 0 Å². The van der Waals surface area contributed by atoms with Crippen molar-refractivity contribution in [1.29, 1.82) is 0 Å². The Kier molecular flexibility index (Phi) is 6.16. The van der Waals surface area contributed by atoms with Crippen LogP contribution in [0.4, 0.5) is 0 Å².